The number of carbonyl (C=O) groups is 4. The molecule has 0 aromatic heterocycles. The lowest BCUT2D eigenvalue weighted by Gasteiger charge is -2.40. The number of hydrogen-bond acceptors (Lipinski definition) is 8. The van der Waals surface area contributed by atoms with Crippen LogP contribution in [-0.4, -0.2) is 76.3 Å². The Bertz CT molecular complexity index is 1560. The van der Waals surface area contributed by atoms with Gasteiger partial charge in [0.15, 0.2) is 0 Å². The van der Waals surface area contributed by atoms with Crippen molar-refractivity contribution in [3.63, 3.8) is 0 Å². The van der Waals surface area contributed by atoms with Crippen LogP contribution in [0.15, 0.2) is 71.1 Å². The van der Waals surface area contributed by atoms with Crippen LogP contribution < -0.4 is 15.4 Å². The highest BCUT2D eigenvalue weighted by Crippen LogP contribution is 2.29. The Hall–Kier alpha value is -4.03. The molecule has 0 aliphatic carbocycles. The number of ether oxygens (including phenoxy) is 1. The maximum absolute atomic E-state index is 14.1. The minimum Gasteiger partial charge on any atom is -0.465 e. The standard InChI is InChI=1S/C35H50N4O7S/c1-22(2)27(21-23(3)30(40)38-47(44,45)26-19-17-24(18-20-26)33(43)46-11)39(10)32(42)29(34(4,5)6)37-31(41)28(36-9)35(7,8)25-15-13-12-14-16-25/h12-22,27-29,36H,1-11H3,(H,37,41)(H,38,40)/t27-,28-,29-/m1/s1. The molecule has 2 aromatic rings. The SMILES string of the molecule is CN[C@H](C(=O)N[C@H](C(=O)N(C)[C@H](C=C(C)C(=O)NS(=O)(=O)c1ccc(C(=O)OC)cc1)C(C)C)C(C)(C)C)C(C)(C)c1ccccc1. The Morgan fingerprint density at radius 2 is 1.45 bits per heavy atom. The predicted molar refractivity (Wildman–Crippen MR) is 182 cm³/mol. The molecule has 0 fully saturated rings. The van der Waals surface area contributed by atoms with E-state index in [0.717, 1.165) is 5.56 Å². The van der Waals surface area contributed by atoms with Gasteiger partial charge in [0, 0.05) is 18.0 Å². The molecule has 0 bridgehead atoms. The fourth-order valence-corrected chi connectivity index (χ4v) is 6.33. The highest BCUT2D eigenvalue weighted by atomic mass is 32.2. The number of hydrogen-bond donors (Lipinski definition) is 3. The molecule has 3 N–H and O–H groups in total. The molecule has 12 heteroatoms. The average molecular weight is 671 g/mol. The van der Waals surface area contributed by atoms with Crippen LogP contribution >= 0.6 is 0 Å². The lowest BCUT2D eigenvalue weighted by molar-refractivity contribution is -0.140. The summed E-state index contributed by atoms with van der Waals surface area (Å²) in [7, 11) is 0.258. The first-order chi connectivity index (χ1) is 21.7. The summed E-state index contributed by atoms with van der Waals surface area (Å²) in [4.78, 5) is 53.9. The molecule has 0 aliphatic heterocycles. The van der Waals surface area contributed by atoms with Crippen molar-refractivity contribution in [3.05, 3.63) is 77.4 Å². The largest absolute Gasteiger partial charge is 0.465 e. The lowest BCUT2D eigenvalue weighted by atomic mass is 9.76. The highest BCUT2D eigenvalue weighted by molar-refractivity contribution is 7.90. The van der Waals surface area contributed by atoms with Gasteiger partial charge in [0.25, 0.3) is 15.9 Å². The summed E-state index contributed by atoms with van der Waals surface area (Å²) in [6.07, 6.45) is 1.55. The van der Waals surface area contributed by atoms with Gasteiger partial charge in [0.2, 0.25) is 11.8 Å². The van der Waals surface area contributed by atoms with Crippen molar-refractivity contribution in [1.82, 2.24) is 20.3 Å². The number of benzene rings is 2. The maximum Gasteiger partial charge on any atom is 0.337 e. The first kappa shape index (κ1) is 39.1. The number of carbonyl (C=O) groups excluding carboxylic acids is 4. The molecule has 0 saturated carbocycles. The van der Waals surface area contributed by atoms with Crippen LogP contribution in [-0.2, 0) is 34.6 Å². The molecule has 0 unspecified atom stereocenters. The van der Waals surface area contributed by atoms with Gasteiger partial charge in [0.05, 0.1) is 29.7 Å². The minimum absolute atomic E-state index is 0.0781. The summed E-state index contributed by atoms with van der Waals surface area (Å²) in [6.45, 7) is 14.7. The number of likely N-dealkylation sites (N-methyl/N-ethyl adjacent to an activating group) is 2. The van der Waals surface area contributed by atoms with Crippen molar-refractivity contribution in [2.75, 3.05) is 21.2 Å². The molecule has 0 saturated heterocycles. The summed E-state index contributed by atoms with van der Waals surface area (Å²) in [5.41, 5.74) is -0.0775. The first-order valence-corrected chi connectivity index (χ1v) is 16.9. The van der Waals surface area contributed by atoms with E-state index >= 15 is 0 Å². The van der Waals surface area contributed by atoms with Gasteiger partial charge in [0.1, 0.15) is 6.04 Å². The van der Waals surface area contributed by atoms with E-state index in [9.17, 15) is 27.6 Å². The van der Waals surface area contributed by atoms with Gasteiger partial charge in [-0.05, 0) is 55.1 Å². The van der Waals surface area contributed by atoms with Crippen LogP contribution in [0.1, 0.15) is 71.3 Å². The Morgan fingerprint density at radius 1 is 0.894 bits per heavy atom. The lowest BCUT2D eigenvalue weighted by Crippen LogP contribution is -2.61. The molecule has 258 valence electrons. The van der Waals surface area contributed by atoms with E-state index in [1.165, 1.54) is 43.2 Å². The first-order valence-electron chi connectivity index (χ1n) is 15.4. The molecule has 0 spiro atoms. The van der Waals surface area contributed by atoms with Crippen molar-refractivity contribution < 1.29 is 32.3 Å². The second kappa shape index (κ2) is 15.7. The highest BCUT2D eigenvalue weighted by Gasteiger charge is 2.41. The number of sulfonamides is 1. The van der Waals surface area contributed by atoms with E-state index in [4.69, 9.17) is 0 Å². The predicted octanol–water partition coefficient (Wildman–Crippen LogP) is 3.80. The smallest absolute Gasteiger partial charge is 0.337 e. The second-order valence-electron chi connectivity index (χ2n) is 13.6. The maximum atomic E-state index is 14.1. The zero-order chi connectivity index (χ0) is 35.9. The van der Waals surface area contributed by atoms with Gasteiger partial charge < -0.3 is 20.3 Å². The fraction of sp³-hybridized carbons (Fsp3) is 0.486. The van der Waals surface area contributed by atoms with E-state index in [-0.39, 0.29) is 33.8 Å². The van der Waals surface area contributed by atoms with Crippen LogP contribution in [0.5, 0.6) is 0 Å². The normalized spacial score (nSPS) is 14.5. The summed E-state index contributed by atoms with van der Waals surface area (Å²) < 4.78 is 32.5. The van der Waals surface area contributed by atoms with Crippen LogP contribution in [0.4, 0.5) is 0 Å². The van der Waals surface area contributed by atoms with E-state index in [1.54, 1.807) is 20.2 Å². The summed E-state index contributed by atoms with van der Waals surface area (Å²) in [5, 5.41) is 6.12. The van der Waals surface area contributed by atoms with Gasteiger partial charge in [-0.15, -0.1) is 0 Å². The van der Waals surface area contributed by atoms with Gasteiger partial charge in [-0.3, -0.25) is 14.4 Å². The van der Waals surface area contributed by atoms with Gasteiger partial charge in [-0.25, -0.2) is 17.9 Å². The van der Waals surface area contributed by atoms with Crippen molar-refractivity contribution in [2.24, 2.45) is 11.3 Å². The molecule has 0 heterocycles. The van der Waals surface area contributed by atoms with Crippen LogP contribution in [0, 0.1) is 11.3 Å². The summed E-state index contributed by atoms with van der Waals surface area (Å²) in [5.74, 6) is -2.36. The molecule has 3 amide bonds. The summed E-state index contributed by atoms with van der Waals surface area (Å²) >= 11 is 0. The molecule has 11 nitrogen and oxygen atoms in total. The molecule has 2 aromatic carbocycles. The van der Waals surface area contributed by atoms with E-state index in [2.05, 4.69) is 15.4 Å². The van der Waals surface area contributed by atoms with E-state index in [0.29, 0.717) is 0 Å². The van der Waals surface area contributed by atoms with Gasteiger partial charge in [-0.2, -0.15) is 0 Å². The van der Waals surface area contributed by atoms with Crippen LogP contribution in [0.25, 0.3) is 0 Å². The fourth-order valence-electron chi connectivity index (χ4n) is 5.31. The average Bonchev–Trinajstić information content (AvgIpc) is 3.01. The third kappa shape index (κ3) is 9.74. The molecule has 0 radical (unpaired) electrons. The molecule has 0 aliphatic rings. The zero-order valence-corrected chi connectivity index (χ0v) is 30.1. The molecule has 47 heavy (non-hydrogen) atoms. The number of nitrogens with one attached hydrogen (secondary N) is 3. The topological polar surface area (TPSA) is 151 Å². The molecular weight excluding hydrogens is 620 g/mol. The molecular formula is C35H50N4O7S. The Balaban J connectivity index is 2.32. The van der Waals surface area contributed by atoms with Crippen molar-refractivity contribution in [1.29, 1.82) is 0 Å². The molecule has 3 atom stereocenters. The Kier molecular flexibility index (Phi) is 13.1. The van der Waals surface area contributed by atoms with E-state index in [1.807, 2.05) is 83.5 Å². The van der Waals surface area contributed by atoms with E-state index < -0.39 is 50.9 Å². The number of amides is 3. The minimum atomic E-state index is -4.26. The monoisotopic (exact) mass is 670 g/mol. The van der Waals surface area contributed by atoms with Crippen molar-refractivity contribution >= 4 is 33.7 Å². The van der Waals surface area contributed by atoms with Gasteiger partial charge >= 0.3 is 5.97 Å². The van der Waals surface area contributed by atoms with Crippen LogP contribution in [0.3, 0.4) is 0 Å². The summed E-state index contributed by atoms with van der Waals surface area (Å²) in [6, 6.07) is 12.4. The number of rotatable bonds is 13. The Morgan fingerprint density at radius 3 is 1.91 bits per heavy atom. The third-order valence-corrected chi connectivity index (χ3v) is 9.61. The zero-order valence-electron chi connectivity index (χ0n) is 29.3. The number of esters is 1. The van der Waals surface area contributed by atoms with Crippen LogP contribution in [0.2, 0.25) is 0 Å². The van der Waals surface area contributed by atoms with Gasteiger partial charge in [-0.1, -0.05) is 84.9 Å². The number of methoxy groups -OCH3 is 1. The van der Waals surface area contributed by atoms with Crippen molar-refractivity contribution in [2.45, 2.75) is 83.8 Å². The quantitative estimate of drug-likeness (QED) is 0.215. The van der Waals surface area contributed by atoms with Crippen molar-refractivity contribution in [3.8, 4) is 0 Å². The third-order valence-electron chi connectivity index (χ3n) is 8.26. The second-order valence-corrected chi connectivity index (χ2v) is 15.3. The molecule has 2 rings (SSSR count). The number of nitrogens with zero attached hydrogens (tertiary/aromatic N) is 1. The Labute approximate surface area is 279 Å².